The maximum absolute atomic E-state index is 13.1. The van der Waals surface area contributed by atoms with E-state index in [1.165, 1.54) is 77.0 Å². The van der Waals surface area contributed by atoms with Gasteiger partial charge in [0.15, 0.2) is 23.5 Å². The molecule has 0 bridgehead atoms. The van der Waals surface area contributed by atoms with Crippen LogP contribution in [0.4, 0.5) is 0 Å². The van der Waals surface area contributed by atoms with Gasteiger partial charge in [0.05, 0.1) is 52.5 Å². The fourth-order valence-corrected chi connectivity index (χ4v) is 13.0. The number of nitrogens with zero attached hydrogens (tertiary/aromatic N) is 4. The van der Waals surface area contributed by atoms with Crippen molar-refractivity contribution in [2.75, 3.05) is 111 Å². The summed E-state index contributed by atoms with van der Waals surface area (Å²) >= 11 is 0. The second-order valence-electron chi connectivity index (χ2n) is 30.9. The number of phosphoric acid groups is 1. The summed E-state index contributed by atoms with van der Waals surface area (Å²) in [5, 5.41) is 48.8. The Bertz CT molecular complexity index is 3540. The van der Waals surface area contributed by atoms with Crippen molar-refractivity contribution in [3.8, 4) is 0 Å². The Balaban J connectivity index is 5.01. The minimum Gasteiger partial charge on any atom is -0.480 e. The third kappa shape index (κ3) is 70.7. The molecule has 0 aliphatic carbocycles. The number of nitrogens with one attached hydrogen (secondary N) is 5. The highest BCUT2D eigenvalue weighted by atomic mass is 31.2. The molecule has 2 unspecified atom stereocenters. The maximum atomic E-state index is 13.1. The second kappa shape index (κ2) is 75.0. The van der Waals surface area contributed by atoms with Crippen molar-refractivity contribution in [3.63, 3.8) is 0 Å². The van der Waals surface area contributed by atoms with Gasteiger partial charge in [-0.1, -0.05) is 141 Å². The summed E-state index contributed by atoms with van der Waals surface area (Å²) in [6, 6.07) is 0. The van der Waals surface area contributed by atoms with Crippen LogP contribution >= 0.6 is 7.82 Å². The smallest absolute Gasteiger partial charge is 0.472 e. The molecular formula is C86H141N10O30P. The number of unbranched alkanes of at least 4 members (excludes halogenated alkanes) is 23. The molecule has 127 heavy (non-hydrogen) atoms. The van der Waals surface area contributed by atoms with E-state index < -0.39 is 256 Å². The molecule has 12 N–H and O–H groups in total. The number of carbonyl (C=O) groups excluding carboxylic acids is 16. The van der Waals surface area contributed by atoms with Crippen LogP contribution in [-0.2, 0) is 119 Å². The number of rotatable bonds is 84. The van der Waals surface area contributed by atoms with Gasteiger partial charge in [-0.15, -0.1) is 0 Å². The Kier molecular flexibility index (Phi) is 69.0. The van der Waals surface area contributed by atoms with Gasteiger partial charge in [-0.3, -0.25) is 105 Å². The van der Waals surface area contributed by atoms with Crippen molar-refractivity contribution >= 4 is 126 Å². The number of hydrogen-bond donors (Lipinski definition) is 11. The summed E-state index contributed by atoms with van der Waals surface area (Å²) in [6.07, 6.45) is 32.5. The average Bonchev–Trinajstić information content (AvgIpc) is 0.918. The number of amides is 9. The minimum atomic E-state index is -4.78. The van der Waals surface area contributed by atoms with Crippen LogP contribution in [0.15, 0.2) is 24.3 Å². The highest BCUT2D eigenvalue weighted by Crippen LogP contribution is 2.43. The Morgan fingerprint density at radius 3 is 1.13 bits per heavy atom. The predicted molar refractivity (Wildman–Crippen MR) is 462 cm³/mol. The average molecular weight is 1830 g/mol. The van der Waals surface area contributed by atoms with E-state index in [1.54, 1.807) is 0 Å². The van der Waals surface area contributed by atoms with Gasteiger partial charge >= 0.3 is 43.6 Å². The van der Waals surface area contributed by atoms with Crippen LogP contribution < -0.4 is 32.3 Å². The fourth-order valence-electron chi connectivity index (χ4n) is 12.3. The molecule has 0 fully saturated rings. The third-order valence-corrected chi connectivity index (χ3v) is 20.4. The summed E-state index contributed by atoms with van der Waals surface area (Å²) in [7, 11) is -4.78. The van der Waals surface area contributed by atoms with Crippen molar-refractivity contribution in [1.29, 1.82) is 0 Å². The SMILES string of the molecule is CCCCCCCC/C=C\CCCCCCCC(=O)OCC(COP(=O)(O)OCCNC(=O)CCCCC(=O)CCC(=O)NCC(=O)N(CC(=O)O)CC(=O)NCC(=O)CCC(=O)N(CC(=O)O)CC(=O)CCCNC(=O)CN(CC(=O)O)C(=O)CNC(=O)CCC(=O)CN(CC(=O)O)C(=O)CCC(=O)CN)OC(=O)CCCCCCC/C=C\CCCCCCCC. The number of Topliss-reactive ketones (excluding diaryl/α,β-unsaturated/α-hetero) is 5. The van der Waals surface area contributed by atoms with E-state index in [-0.39, 0.29) is 89.6 Å². The van der Waals surface area contributed by atoms with Crippen molar-refractivity contribution in [3.05, 3.63) is 24.3 Å². The normalized spacial score (nSPS) is 11.8. The number of allylic oxidation sites excluding steroid dienone is 4. The van der Waals surface area contributed by atoms with Crippen LogP contribution in [0.1, 0.15) is 284 Å². The molecule has 0 aromatic rings. The molecule has 2 atom stereocenters. The molecule has 41 heteroatoms. The number of ketones is 5. The molecule has 0 radical (unpaired) electrons. The van der Waals surface area contributed by atoms with Crippen LogP contribution in [0, 0.1) is 0 Å². The molecule has 0 aromatic heterocycles. The van der Waals surface area contributed by atoms with Gasteiger partial charge in [0.2, 0.25) is 53.2 Å². The third-order valence-electron chi connectivity index (χ3n) is 19.4. The van der Waals surface area contributed by atoms with Gasteiger partial charge in [0.1, 0.15) is 57.4 Å². The molecule has 9 amide bonds. The Morgan fingerprint density at radius 1 is 0.323 bits per heavy atom. The highest BCUT2D eigenvalue weighted by molar-refractivity contribution is 7.47. The van der Waals surface area contributed by atoms with Gasteiger partial charge in [-0.2, -0.15) is 0 Å². The topological polar surface area (TPSA) is 596 Å². The summed E-state index contributed by atoms with van der Waals surface area (Å²) in [4.78, 5) is 261. The number of ether oxygens (including phenoxy) is 2. The predicted octanol–water partition coefficient (Wildman–Crippen LogP) is 6.15. The van der Waals surface area contributed by atoms with Gasteiger partial charge in [0, 0.05) is 96.6 Å². The van der Waals surface area contributed by atoms with E-state index in [0.717, 1.165) is 77.0 Å². The summed E-state index contributed by atoms with van der Waals surface area (Å²) in [5.74, 6) is -18.3. The van der Waals surface area contributed by atoms with Gasteiger partial charge < -0.3 is 86.7 Å². The van der Waals surface area contributed by atoms with Gasteiger partial charge in [-0.25, -0.2) is 4.57 Å². The number of carboxylic acid groups (broad SMARTS) is 4. The molecule has 40 nitrogen and oxygen atoms in total. The van der Waals surface area contributed by atoms with Crippen LogP contribution in [0.5, 0.6) is 0 Å². The van der Waals surface area contributed by atoms with Gasteiger partial charge in [0.25, 0.3) is 0 Å². The number of aliphatic carboxylic acids is 4. The Labute approximate surface area is 744 Å². The van der Waals surface area contributed by atoms with Crippen molar-refractivity contribution in [2.45, 2.75) is 290 Å². The summed E-state index contributed by atoms with van der Waals surface area (Å²) in [5.41, 5.74) is 5.21. The van der Waals surface area contributed by atoms with E-state index in [4.69, 9.17) is 29.4 Å². The zero-order valence-corrected chi connectivity index (χ0v) is 75.3. The van der Waals surface area contributed by atoms with Crippen LogP contribution in [-0.4, -0.2) is 280 Å². The Hall–Kier alpha value is -10.1. The molecule has 0 rings (SSSR count). The first-order valence-corrected chi connectivity index (χ1v) is 45.9. The molecule has 0 saturated heterocycles. The van der Waals surface area contributed by atoms with E-state index >= 15 is 0 Å². The molecule has 0 spiro atoms. The first-order valence-electron chi connectivity index (χ1n) is 44.5. The van der Waals surface area contributed by atoms with Crippen LogP contribution in [0.3, 0.4) is 0 Å². The molecule has 0 heterocycles. The zero-order valence-electron chi connectivity index (χ0n) is 74.4. The van der Waals surface area contributed by atoms with Crippen molar-refractivity contribution < 1.29 is 144 Å². The number of carboxylic acids is 4. The first-order chi connectivity index (χ1) is 60.6. The quantitative estimate of drug-likeness (QED) is 0.0141. The molecule has 0 saturated carbocycles. The van der Waals surface area contributed by atoms with Crippen molar-refractivity contribution in [1.82, 2.24) is 46.2 Å². The monoisotopic (exact) mass is 1820 g/mol. The number of nitrogens with two attached hydrogens (primary N) is 1. The summed E-state index contributed by atoms with van der Waals surface area (Å²) in [6.45, 7) is -7.48. The lowest BCUT2D eigenvalue weighted by Crippen LogP contribution is -2.47. The number of carbonyl (C=O) groups is 20. The van der Waals surface area contributed by atoms with E-state index in [1.807, 2.05) is 0 Å². The largest absolute Gasteiger partial charge is 0.480 e. The second-order valence-corrected chi connectivity index (χ2v) is 32.3. The molecule has 720 valence electrons. The van der Waals surface area contributed by atoms with E-state index in [2.05, 4.69) is 64.7 Å². The van der Waals surface area contributed by atoms with E-state index in [0.29, 0.717) is 32.4 Å². The number of esters is 2. The molecule has 0 aliphatic rings. The zero-order chi connectivity index (χ0) is 94.8. The standard InChI is InChI=1S/C86H141N10O30P/c1-3-5-7-9-11-13-15-17-19-21-23-25-27-29-31-39-85(119)123-64-71(126-86(120)40-32-30-28-26-24-22-20-18-16-14-12-10-8-6-4-2)65-125-127(121,122)124-51-50-89-72(102)38-34-33-36-66(97)41-45-73(103)91-55-80(110)96(63-84(117)118)59-76(106)90-53-68(99)44-48-78(108)93(60-81(111)112)56-69(100)37-35-49-88-75(105)58-95(62-83(115)116)79(109)54-92-74(104)46-42-70(101)57-94(61-82(113)114)77(107)47-43-67(98)52-87/h17-20,71H,3-16,21-65,87H2,1-2H3,(H,88,105)(H,89,102)(H,90,106)(H,91,103)(H,92,104)(H,111,112)(H,113,114)(H,115,116)(H,117,118)(H,121,122)/b19-17-,20-18-. The summed E-state index contributed by atoms with van der Waals surface area (Å²) < 4.78 is 34.1. The fraction of sp³-hybridized carbons (Fsp3) is 0.721. The number of hydrogen-bond acceptors (Lipinski definition) is 26. The highest BCUT2D eigenvalue weighted by Gasteiger charge is 2.29. The van der Waals surface area contributed by atoms with Crippen LogP contribution in [0.2, 0.25) is 0 Å². The lowest BCUT2D eigenvalue weighted by Gasteiger charge is -2.21. The maximum Gasteiger partial charge on any atom is 0.472 e. The lowest BCUT2D eigenvalue weighted by molar-refractivity contribution is -0.161. The van der Waals surface area contributed by atoms with Crippen LogP contribution in [0.25, 0.3) is 0 Å². The van der Waals surface area contributed by atoms with E-state index in [9.17, 15) is 121 Å². The van der Waals surface area contributed by atoms with Crippen molar-refractivity contribution in [2.24, 2.45) is 5.73 Å². The van der Waals surface area contributed by atoms with Gasteiger partial charge in [-0.05, 0) is 83.5 Å². The molecular weight excluding hydrogens is 1680 g/mol. The first kappa shape index (κ1) is 117. The molecule has 0 aromatic carbocycles. The molecule has 0 aliphatic heterocycles. The lowest BCUT2D eigenvalue weighted by atomic mass is 10.1. The minimum absolute atomic E-state index is 0.0389. The Morgan fingerprint density at radius 2 is 0.677 bits per heavy atom. The number of phosphoric ester groups is 1.